The summed E-state index contributed by atoms with van der Waals surface area (Å²) >= 11 is 5.65. The second-order valence-electron chi connectivity index (χ2n) is 10.0. The van der Waals surface area contributed by atoms with Crippen LogP contribution in [0.25, 0.3) is 0 Å². The molecule has 1 saturated carbocycles. The molecule has 1 aliphatic carbocycles. The van der Waals surface area contributed by atoms with Gasteiger partial charge in [-0.25, -0.2) is 4.39 Å². The van der Waals surface area contributed by atoms with Crippen LogP contribution in [0.3, 0.4) is 0 Å². The van der Waals surface area contributed by atoms with E-state index in [-0.39, 0.29) is 27.5 Å². The highest BCUT2D eigenvalue weighted by atomic mass is 32.1. The molecule has 0 bridgehead atoms. The molecule has 6 nitrogen and oxygen atoms in total. The van der Waals surface area contributed by atoms with Crippen molar-refractivity contribution in [2.75, 3.05) is 16.8 Å². The number of nitrogens with zero attached hydrogens (tertiary/aromatic N) is 3. The number of thiocarbonyl (C=S) groups is 1. The second kappa shape index (κ2) is 9.10. The number of carbonyl (C=O) groups excluding carboxylic acids is 2. The highest BCUT2D eigenvalue weighted by Gasteiger charge is 2.58. The van der Waals surface area contributed by atoms with Crippen molar-refractivity contribution in [1.82, 2.24) is 5.32 Å². The quantitative estimate of drug-likeness (QED) is 0.414. The van der Waals surface area contributed by atoms with Gasteiger partial charge in [-0.3, -0.25) is 14.5 Å². The van der Waals surface area contributed by atoms with Crippen molar-refractivity contribution in [1.29, 1.82) is 5.26 Å². The Morgan fingerprint density at radius 2 is 1.70 bits per heavy atom. The van der Waals surface area contributed by atoms with Gasteiger partial charge in [0.15, 0.2) is 5.11 Å². The number of nitriles is 1. The summed E-state index contributed by atoms with van der Waals surface area (Å²) in [5.74, 6) is -1.96. The second-order valence-corrected chi connectivity index (χ2v) is 10.4. The minimum Gasteiger partial charge on any atom is -0.355 e. The van der Waals surface area contributed by atoms with Crippen molar-refractivity contribution in [3.8, 4) is 6.07 Å². The monoisotopic (exact) mass is 532 g/mol. The third kappa shape index (κ3) is 4.44. The van der Waals surface area contributed by atoms with Gasteiger partial charge in [-0.15, -0.1) is 0 Å². The molecule has 0 aromatic heterocycles. The summed E-state index contributed by atoms with van der Waals surface area (Å²) < 4.78 is 56.0. The first-order valence-electron chi connectivity index (χ1n) is 11.6. The Kier molecular flexibility index (Phi) is 6.53. The van der Waals surface area contributed by atoms with Gasteiger partial charge in [-0.2, -0.15) is 18.4 Å². The van der Waals surface area contributed by atoms with E-state index in [0.717, 1.165) is 23.1 Å². The molecule has 1 saturated heterocycles. The molecule has 1 spiro atoms. The number of benzene rings is 2. The van der Waals surface area contributed by atoms with Crippen molar-refractivity contribution in [2.45, 2.75) is 51.2 Å². The number of carbonyl (C=O) groups is 2. The minimum atomic E-state index is -4.82. The Labute approximate surface area is 216 Å². The number of rotatable bonds is 3. The lowest BCUT2D eigenvalue weighted by molar-refractivity contribution is -0.137. The zero-order chi connectivity index (χ0) is 27.3. The van der Waals surface area contributed by atoms with Crippen molar-refractivity contribution in [3.05, 3.63) is 58.9 Å². The topological polar surface area (TPSA) is 76.4 Å². The third-order valence-corrected chi connectivity index (χ3v) is 7.58. The fourth-order valence-corrected chi connectivity index (χ4v) is 5.47. The van der Waals surface area contributed by atoms with E-state index in [1.165, 1.54) is 36.2 Å². The van der Waals surface area contributed by atoms with E-state index >= 15 is 0 Å². The number of anilines is 2. The molecule has 37 heavy (non-hydrogen) atoms. The van der Waals surface area contributed by atoms with E-state index in [1.807, 2.05) is 0 Å². The summed E-state index contributed by atoms with van der Waals surface area (Å²) in [7, 11) is 1.37. The van der Waals surface area contributed by atoms with Gasteiger partial charge in [0, 0.05) is 12.7 Å². The maximum absolute atomic E-state index is 14.9. The molecule has 2 aromatic carbocycles. The lowest BCUT2D eigenvalue weighted by atomic mass is 9.68. The Morgan fingerprint density at radius 1 is 1.08 bits per heavy atom. The zero-order valence-electron chi connectivity index (χ0n) is 20.4. The molecule has 2 aromatic rings. The molecule has 1 aliphatic heterocycles. The van der Waals surface area contributed by atoms with Crippen LogP contribution in [0.4, 0.5) is 28.9 Å². The van der Waals surface area contributed by atoms with Crippen molar-refractivity contribution in [2.24, 2.45) is 5.41 Å². The first kappa shape index (κ1) is 26.5. The van der Waals surface area contributed by atoms with Crippen molar-refractivity contribution >= 4 is 40.5 Å². The maximum Gasteiger partial charge on any atom is 0.417 e. The molecule has 2 amide bonds. The van der Waals surface area contributed by atoms with Crippen LogP contribution in [0.15, 0.2) is 36.4 Å². The maximum atomic E-state index is 14.9. The number of alkyl halides is 3. The Bertz CT molecular complexity index is 1340. The molecule has 1 N–H and O–H groups in total. The van der Waals surface area contributed by atoms with Gasteiger partial charge in [0.1, 0.15) is 11.4 Å². The molecular formula is C26H24F4N4O2S. The normalized spacial score (nSPS) is 18.8. The first-order valence-corrected chi connectivity index (χ1v) is 12.0. The molecule has 0 radical (unpaired) electrons. The van der Waals surface area contributed by atoms with Crippen LogP contribution in [-0.2, 0) is 11.0 Å². The smallest absolute Gasteiger partial charge is 0.355 e. The molecule has 194 valence electrons. The average Bonchev–Trinajstić information content (AvgIpc) is 3.05. The lowest BCUT2D eigenvalue weighted by Gasteiger charge is -2.44. The van der Waals surface area contributed by atoms with Gasteiger partial charge >= 0.3 is 6.18 Å². The van der Waals surface area contributed by atoms with Crippen LogP contribution in [0.5, 0.6) is 0 Å². The highest BCUT2D eigenvalue weighted by molar-refractivity contribution is 7.81. The molecule has 4 rings (SSSR count). The Balaban J connectivity index is 1.86. The molecular weight excluding hydrogens is 508 g/mol. The Morgan fingerprint density at radius 3 is 2.24 bits per heavy atom. The molecule has 0 atom stereocenters. The van der Waals surface area contributed by atoms with Gasteiger partial charge in [0.05, 0.1) is 28.4 Å². The summed E-state index contributed by atoms with van der Waals surface area (Å²) in [6.45, 7) is 4.13. The molecule has 11 heteroatoms. The number of nitrogens with one attached hydrogen (secondary N) is 1. The standard InChI is InChI=1S/C26H24F4N4O2S/c1-24(2)8-10-25(11-9-24)22(36)33(16-5-4-15(14-31)19(12-16)26(28,29)30)23(37)34(25)17-6-7-18(20(27)13-17)21(35)32-3/h4-7,12-13H,8-11H2,1-3H3,(H,32,35). The van der Waals surface area contributed by atoms with Crippen LogP contribution in [0, 0.1) is 22.6 Å². The lowest BCUT2D eigenvalue weighted by Crippen LogP contribution is -2.53. The van der Waals surface area contributed by atoms with Crippen LogP contribution in [0.2, 0.25) is 0 Å². The third-order valence-electron chi connectivity index (χ3n) is 7.21. The number of hydrogen-bond donors (Lipinski definition) is 1. The van der Waals surface area contributed by atoms with Crippen molar-refractivity contribution in [3.63, 3.8) is 0 Å². The van der Waals surface area contributed by atoms with Gasteiger partial charge in [0.25, 0.3) is 11.8 Å². The van der Waals surface area contributed by atoms with E-state index in [1.54, 1.807) is 0 Å². The fourth-order valence-electron chi connectivity index (χ4n) is 5.00. The summed E-state index contributed by atoms with van der Waals surface area (Å²) in [6, 6.07) is 8.38. The summed E-state index contributed by atoms with van der Waals surface area (Å²) in [5, 5.41) is 11.4. The Hall–Kier alpha value is -3.52. The average molecular weight is 533 g/mol. The van der Waals surface area contributed by atoms with Crippen molar-refractivity contribution < 1.29 is 27.2 Å². The highest BCUT2D eigenvalue weighted by Crippen LogP contribution is 2.50. The summed E-state index contributed by atoms with van der Waals surface area (Å²) in [4.78, 5) is 28.5. The van der Waals surface area contributed by atoms with Crippen LogP contribution in [-0.4, -0.2) is 29.5 Å². The zero-order valence-corrected chi connectivity index (χ0v) is 21.2. The summed E-state index contributed by atoms with van der Waals surface area (Å²) in [5.41, 5.74) is -3.17. The number of hydrogen-bond acceptors (Lipinski definition) is 4. The van der Waals surface area contributed by atoms with Crippen LogP contribution >= 0.6 is 12.2 Å². The largest absolute Gasteiger partial charge is 0.417 e. The van der Waals surface area contributed by atoms with E-state index in [9.17, 15) is 27.2 Å². The van der Waals surface area contributed by atoms with E-state index < -0.39 is 40.5 Å². The van der Waals surface area contributed by atoms with Crippen LogP contribution in [0.1, 0.15) is 61.0 Å². The first-order chi connectivity index (χ1) is 17.3. The molecule has 1 heterocycles. The SMILES string of the molecule is CNC(=O)c1ccc(N2C(=S)N(c3ccc(C#N)c(C(F)(F)F)c3)C(=O)C23CCC(C)(C)CC3)cc1F. The van der Waals surface area contributed by atoms with Gasteiger partial charge < -0.3 is 10.2 Å². The summed E-state index contributed by atoms with van der Waals surface area (Å²) in [6.07, 6.45) is -2.87. The predicted octanol–water partition coefficient (Wildman–Crippen LogP) is 5.55. The molecule has 2 aliphatic rings. The molecule has 2 fully saturated rings. The van der Waals surface area contributed by atoms with E-state index in [2.05, 4.69) is 19.2 Å². The molecule has 0 unspecified atom stereocenters. The number of halogens is 4. The van der Waals surface area contributed by atoms with E-state index in [0.29, 0.717) is 25.7 Å². The fraction of sp³-hybridized carbons (Fsp3) is 0.385. The van der Waals surface area contributed by atoms with Gasteiger partial charge in [-0.05, 0) is 79.7 Å². The number of amides is 2. The van der Waals surface area contributed by atoms with Gasteiger partial charge in [-0.1, -0.05) is 13.8 Å². The minimum absolute atomic E-state index is 0.0710. The van der Waals surface area contributed by atoms with Gasteiger partial charge in [0.2, 0.25) is 0 Å². The van der Waals surface area contributed by atoms with E-state index in [4.69, 9.17) is 17.5 Å². The predicted molar refractivity (Wildman–Crippen MR) is 133 cm³/mol. The van der Waals surface area contributed by atoms with Crippen LogP contribution < -0.4 is 15.1 Å².